The van der Waals surface area contributed by atoms with E-state index in [0.29, 0.717) is 18.0 Å². The van der Waals surface area contributed by atoms with Crippen molar-refractivity contribution in [1.29, 1.82) is 0 Å². The van der Waals surface area contributed by atoms with Crippen LogP contribution in [0.1, 0.15) is 18.5 Å². The van der Waals surface area contributed by atoms with Crippen LogP contribution < -0.4 is 5.32 Å². The first-order valence-electron chi connectivity index (χ1n) is 6.16. The number of sulfonamides is 1. The molecule has 0 aliphatic heterocycles. The lowest BCUT2D eigenvalue weighted by atomic mass is 10.1. The highest BCUT2D eigenvalue weighted by atomic mass is 32.2. The predicted octanol–water partition coefficient (Wildman–Crippen LogP) is 1.23. The fourth-order valence-corrected chi connectivity index (χ4v) is 2.84. The van der Waals surface area contributed by atoms with Crippen molar-refractivity contribution in [3.8, 4) is 0 Å². The smallest absolute Gasteiger partial charge is 0.242 e. The number of methoxy groups -OCH3 is 1. The van der Waals surface area contributed by atoms with Gasteiger partial charge in [-0.25, -0.2) is 8.42 Å². The molecule has 0 spiro atoms. The quantitative estimate of drug-likeness (QED) is 0.819. The SMILES string of the molecule is CNC(C)c1cccc(S(=O)(=O)N(C)CCOC)c1. The first kappa shape index (κ1) is 16.1. The molecular weight excluding hydrogens is 264 g/mol. The normalized spacial score (nSPS) is 13.7. The zero-order valence-electron chi connectivity index (χ0n) is 11.9. The highest BCUT2D eigenvalue weighted by Crippen LogP contribution is 2.19. The van der Waals surface area contributed by atoms with Gasteiger partial charge in [0, 0.05) is 26.7 Å². The Morgan fingerprint density at radius 3 is 2.68 bits per heavy atom. The van der Waals surface area contributed by atoms with E-state index >= 15 is 0 Å². The zero-order valence-corrected chi connectivity index (χ0v) is 12.7. The summed E-state index contributed by atoms with van der Waals surface area (Å²) in [6.07, 6.45) is 0. The Balaban J connectivity index is 3.01. The summed E-state index contributed by atoms with van der Waals surface area (Å²) in [5.74, 6) is 0. The van der Waals surface area contributed by atoms with Gasteiger partial charge in [0.25, 0.3) is 0 Å². The van der Waals surface area contributed by atoms with Crippen molar-refractivity contribution in [3.63, 3.8) is 0 Å². The van der Waals surface area contributed by atoms with Crippen molar-refractivity contribution in [2.45, 2.75) is 17.9 Å². The summed E-state index contributed by atoms with van der Waals surface area (Å²) in [4.78, 5) is 0.311. The van der Waals surface area contributed by atoms with Crippen LogP contribution in [0, 0.1) is 0 Å². The van der Waals surface area contributed by atoms with E-state index in [1.54, 1.807) is 32.4 Å². The van der Waals surface area contributed by atoms with Crippen molar-refractivity contribution < 1.29 is 13.2 Å². The molecule has 0 fully saturated rings. The lowest BCUT2D eigenvalue weighted by Gasteiger charge is -2.18. The van der Waals surface area contributed by atoms with Gasteiger partial charge in [-0.1, -0.05) is 12.1 Å². The third-order valence-electron chi connectivity index (χ3n) is 3.11. The summed E-state index contributed by atoms with van der Waals surface area (Å²) >= 11 is 0. The molecule has 1 aromatic carbocycles. The first-order valence-corrected chi connectivity index (χ1v) is 7.60. The number of nitrogens with zero attached hydrogens (tertiary/aromatic N) is 1. The average Bonchev–Trinajstić information content (AvgIpc) is 2.43. The van der Waals surface area contributed by atoms with Crippen molar-refractivity contribution >= 4 is 10.0 Å². The van der Waals surface area contributed by atoms with E-state index in [1.807, 2.05) is 20.0 Å². The van der Waals surface area contributed by atoms with Gasteiger partial charge in [-0.2, -0.15) is 4.31 Å². The summed E-state index contributed by atoms with van der Waals surface area (Å²) in [6.45, 7) is 2.70. The summed E-state index contributed by atoms with van der Waals surface area (Å²) in [5.41, 5.74) is 0.948. The topological polar surface area (TPSA) is 58.6 Å². The second kappa shape index (κ2) is 7.00. The number of benzene rings is 1. The molecular formula is C13H22N2O3S. The van der Waals surface area contributed by atoms with Crippen LogP contribution in [0.4, 0.5) is 0 Å². The van der Waals surface area contributed by atoms with Crippen LogP contribution in [0.2, 0.25) is 0 Å². The van der Waals surface area contributed by atoms with Gasteiger partial charge in [-0.05, 0) is 31.7 Å². The molecule has 0 bridgehead atoms. The van der Waals surface area contributed by atoms with Gasteiger partial charge in [0.1, 0.15) is 0 Å². The molecule has 1 aromatic rings. The molecule has 0 heterocycles. The number of ether oxygens (including phenoxy) is 1. The van der Waals surface area contributed by atoms with Gasteiger partial charge >= 0.3 is 0 Å². The fourth-order valence-electron chi connectivity index (χ4n) is 1.63. The second-order valence-electron chi connectivity index (χ2n) is 4.40. The minimum atomic E-state index is -3.45. The summed E-state index contributed by atoms with van der Waals surface area (Å²) < 4.78 is 30.9. The van der Waals surface area contributed by atoms with Crippen molar-refractivity contribution in [2.75, 3.05) is 34.4 Å². The van der Waals surface area contributed by atoms with Gasteiger partial charge in [0.05, 0.1) is 11.5 Å². The Kier molecular flexibility index (Phi) is 5.93. The minimum absolute atomic E-state index is 0.111. The monoisotopic (exact) mass is 286 g/mol. The van der Waals surface area contributed by atoms with Crippen LogP contribution in [0.3, 0.4) is 0 Å². The van der Waals surface area contributed by atoms with E-state index in [0.717, 1.165) is 5.56 Å². The van der Waals surface area contributed by atoms with Gasteiger partial charge in [-0.3, -0.25) is 0 Å². The third kappa shape index (κ3) is 4.01. The van der Waals surface area contributed by atoms with Gasteiger partial charge in [-0.15, -0.1) is 0 Å². The molecule has 0 radical (unpaired) electrons. The molecule has 0 aliphatic rings. The molecule has 19 heavy (non-hydrogen) atoms. The fraction of sp³-hybridized carbons (Fsp3) is 0.538. The molecule has 1 rings (SSSR count). The first-order chi connectivity index (χ1) is 8.93. The molecule has 108 valence electrons. The van der Waals surface area contributed by atoms with E-state index in [2.05, 4.69) is 5.32 Å². The molecule has 0 saturated carbocycles. The molecule has 1 unspecified atom stereocenters. The Morgan fingerprint density at radius 1 is 1.42 bits per heavy atom. The van der Waals surface area contributed by atoms with Crippen LogP contribution in [-0.2, 0) is 14.8 Å². The number of nitrogens with one attached hydrogen (secondary N) is 1. The molecule has 0 saturated heterocycles. The maximum atomic E-state index is 12.4. The highest BCUT2D eigenvalue weighted by molar-refractivity contribution is 7.89. The summed E-state index contributed by atoms with van der Waals surface area (Å²) in [6, 6.07) is 7.11. The number of hydrogen-bond acceptors (Lipinski definition) is 4. The molecule has 0 amide bonds. The van der Waals surface area contributed by atoms with E-state index in [4.69, 9.17) is 4.74 Å². The van der Waals surface area contributed by atoms with E-state index in [1.165, 1.54) is 4.31 Å². The van der Waals surface area contributed by atoms with Crippen LogP contribution in [0.5, 0.6) is 0 Å². The lowest BCUT2D eigenvalue weighted by molar-refractivity contribution is 0.185. The van der Waals surface area contributed by atoms with E-state index < -0.39 is 10.0 Å². The summed E-state index contributed by atoms with van der Waals surface area (Å²) in [7, 11) is 1.50. The van der Waals surface area contributed by atoms with Crippen LogP contribution in [-0.4, -0.2) is 47.1 Å². The largest absolute Gasteiger partial charge is 0.383 e. The average molecular weight is 286 g/mol. The Labute approximate surface area is 115 Å². The standard InChI is InChI=1S/C13H22N2O3S/c1-11(14-2)12-6-5-7-13(10-12)19(16,17)15(3)8-9-18-4/h5-7,10-11,14H,8-9H2,1-4H3. The number of rotatable bonds is 7. The lowest BCUT2D eigenvalue weighted by Crippen LogP contribution is -2.30. The maximum absolute atomic E-state index is 12.4. The number of likely N-dealkylation sites (N-methyl/N-ethyl adjacent to an activating group) is 1. The third-order valence-corrected chi connectivity index (χ3v) is 4.96. The Hall–Kier alpha value is -0.950. The van der Waals surface area contributed by atoms with Gasteiger partial charge in [0.2, 0.25) is 10.0 Å². The van der Waals surface area contributed by atoms with Crippen molar-refractivity contribution in [3.05, 3.63) is 29.8 Å². The van der Waals surface area contributed by atoms with Crippen LogP contribution in [0.15, 0.2) is 29.2 Å². The molecule has 0 aliphatic carbocycles. The Bertz CT molecular complexity index is 502. The van der Waals surface area contributed by atoms with Crippen LogP contribution >= 0.6 is 0 Å². The minimum Gasteiger partial charge on any atom is -0.383 e. The van der Waals surface area contributed by atoms with Gasteiger partial charge in [0.15, 0.2) is 0 Å². The molecule has 6 heteroatoms. The zero-order chi connectivity index (χ0) is 14.5. The van der Waals surface area contributed by atoms with E-state index in [-0.39, 0.29) is 6.04 Å². The molecule has 1 atom stereocenters. The van der Waals surface area contributed by atoms with Crippen molar-refractivity contribution in [1.82, 2.24) is 9.62 Å². The molecule has 0 aromatic heterocycles. The predicted molar refractivity (Wildman–Crippen MR) is 75.6 cm³/mol. The Morgan fingerprint density at radius 2 is 2.11 bits per heavy atom. The highest BCUT2D eigenvalue weighted by Gasteiger charge is 2.21. The van der Waals surface area contributed by atoms with E-state index in [9.17, 15) is 8.42 Å². The van der Waals surface area contributed by atoms with Crippen LogP contribution in [0.25, 0.3) is 0 Å². The molecule has 5 nitrogen and oxygen atoms in total. The van der Waals surface area contributed by atoms with Gasteiger partial charge < -0.3 is 10.1 Å². The van der Waals surface area contributed by atoms with Crippen molar-refractivity contribution in [2.24, 2.45) is 0 Å². The maximum Gasteiger partial charge on any atom is 0.242 e. The number of hydrogen-bond donors (Lipinski definition) is 1. The molecule has 1 N–H and O–H groups in total. The summed E-state index contributed by atoms with van der Waals surface area (Å²) in [5, 5.41) is 3.09. The second-order valence-corrected chi connectivity index (χ2v) is 6.45.